The molecule has 2 atom stereocenters. The zero-order valence-corrected chi connectivity index (χ0v) is 16.0. The summed E-state index contributed by atoms with van der Waals surface area (Å²) in [6, 6.07) is -0.259. The monoisotopic (exact) mass is 347 g/mol. The van der Waals surface area contributed by atoms with E-state index in [0.29, 0.717) is 6.42 Å². The van der Waals surface area contributed by atoms with E-state index in [4.69, 9.17) is 5.73 Å². The number of piperidine rings is 1. The lowest BCUT2D eigenvalue weighted by Crippen LogP contribution is -2.47. The number of likely N-dealkylation sites (tertiary alicyclic amines) is 1. The maximum atomic E-state index is 12.3. The molecule has 140 valence electrons. The number of carbonyl (C=O) groups is 2. The van der Waals surface area contributed by atoms with E-state index in [1.807, 2.05) is 45.9 Å². The predicted molar refractivity (Wildman–Crippen MR) is 101 cm³/mol. The molecule has 1 heterocycles. The van der Waals surface area contributed by atoms with Gasteiger partial charge >= 0.3 is 0 Å². The topological polar surface area (TPSA) is 75.4 Å². The molecule has 3 N–H and O–H groups in total. The van der Waals surface area contributed by atoms with E-state index < -0.39 is 5.41 Å². The van der Waals surface area contributed by atoms with E-state index >= 15 is 0 Å². The largest absolute Gasteiger partial charge is 0.351 e. The number of hydrogen-bond donors (Lipinski definition) is 2. The lowest BCUT2D eigenvalue weighted by Gasteiger charge is -2.35. The van der Waals surface area contributed by atoms with Gasteiger partial charge < -0.3 is 15.8 Å². The average Bonchev–Trinajstić information content (AvgIpc) is 2.55. The summed E-state index contributed by atoms with van der Waals surface area (Å²) in [5, 5.41) is 3.08. The molecule has 2 rings (SSSR count). The second-order valence-corrected chi connectivity index (χ2v) is 8.47. The molecular weight excluding hydrogens is 314 g/mol. The number of nitrogens with two attached hydrogens (primary N) is 1. The van der Waals surface area contributed by atoms with Crippen molar-refractivity contribution in [1.82, 2.24) is 10.2 Å². The van der Waals surface area contributed by atoms with Crippen molar-refractivity contribution in [1.29, 1.82) is 0 Å². The molecule has 1 aliphatic carbocycles. The minimum Gasteiger partial charge on any atom is -0.351 e. The Balaban J connectivity index is 1.86. The molecule has 0 spiro atoms. The normalized spacial score (nSPS) is 28.5. The zero-order chi connectivity index (χ0) is 18.7. The number of nitrogens with zero attached hydrogens (tertiary/aromatic N) is 1. The lowest BCUT2D eigenvalue weighted by molar-refractivity contribution is -0.127. The van der Waals surface area contributed by atoms with Crippen LogP contribution in [0.1, 0.15) is 47.0 Å². The SMILES string of the molecule is CCC1(C=O)C=CC(CN2CCC(C(=O)NC(C)(C)C)CC2)=CC1N. The number of hydrogen-bond acceptors (Lipinski definition) is 4. The number of amides is 1. The van der Waals surface area contributed by atoms with E-state index in [-0.39, 0.29) is 23.4 Å². The Bertz CT molecular complexity index is 554. The maximum absolute atomic E-state index is 12.3. The van der Waals surface area contributed by atoms with E-state index in [1.54, 1.807) is 0 Å². The minimum absolute atomic E-state index is 0.108. The number of aldehydes is 1. The molecule has 5 nitrogen and oxygen atoms in total. The van der Waals surface area contributed by atoms with Gasteiger partial charge in [0.05, 0.1) is 5.41 Å². The van der Waals surface area contributed by atoms with Crippen LogP contribution in [0.2, 0.25) is 0 Å². The van der Waals surface area contributed by atoms with Gasteiger partial charge in [-0.3, -0.25) is 9.69 Å². The third kappa shape index (κ3) is 5.02. The number of rotatable bonds is 5. The Morgan fingerprint density at radius 1 is 1.40 bits per heavy atom. The van der Waals surface area contributed by atoms with Crippen LogP contribution in [0.3, 0.4) is 0 Å². The fraction of sp³-hybridized carbons (Fsp3) is 0.700. The van der Waals surface area contributed by atoms with Crippen molar-refractivity contribution >= 4 is 12.2 Å². The first kappa shape index (κ1) is 19.9. The third-order valence-electron chi connectivity index (χ3n) is 5.32. The van der Waals surface area contributed by atoms with E-state index in [2.05, 4.69) is 10.2 Å². The smallest absolute Gasteiger partial charge is 0.223 e. The van der Waals surface area contributed by atoms with Crippen LogP contribution in [-0.4, -0.2) is 48.3 Å². The lowest BCUT2D eigenvalue weighted by atomic mass is 9.75. The van der Waals surface area contributed by atoms with Crippen LogP contribution in [-0.2, 0) is 9.59 Å². The molecule has 1 aliphatic heterocycles. The predicted octanol–water partition coefficient (Wildman–Crippen LogP) is 2.03. The van der Waals surface area contributed by atoms with Crippen molar-refractivity contribution in [3.05, 3.63) is 23.8 Å². The molecule has 1 saturated heterocycles. The molecule has 25 heavy (non-hydrogen) atoms. The molecule has 5 heteroatoms. The fourth-order valence-corrected chi connectivity index (χ4v) is 3.56. The third-order valence-corrected chi connectivity index (χ3v) is 5.32. The minimum atomic E-state index is -0.554. The zero-order valence-electron chi connectivity index (χ0n) is 16.0. The van der Waals surface area contributed by atoms with Crippen molar-refractivity contribution in [2.45, 2.75) is 58.5 Å². The van der Waals surface area contributed by atoms with Crippen LogP contribution in [0.5, 0.6) is 0 Å². The summed E-state index contributed by atoms with van der Waals surface area (Å²) >= 11 is 0. The second-order valence-electron chi connectivity index (χ2n) is 8.47. The molecule has 0 aromatic heterocycles. The van der Waals surface area contributed by atoms with Gasteiger partial charge in [0.15, 0.2) is 0 Å². The van der Waals surface area contributed by atoms with Crippen molar-refractivity contribution < 1.29 is 9.59 Å². The standard InChI is InChI=1S/C20H33N3O2/c1-5-20(14-24)9-6-15(12-17(20)21)13-23-10-7-16(8-11-23)18(25)22-19(2,3)4/h6,9,12,14,16-17H,5,7-8,10-11,13,21H2,1-4H3,(H,22,25). The van der Waals surface area contributed by atoms with Gasteiger partial charge in [0.1, 0.15) is 6.29 Å². The van der Waals surface area contributed by atoms with Crippen LogP contribution in [0, 0.1) is 11.3 Å². The van der Waals surface area contributed by atoms with Gasteiger partial charge in [-0.25, -0.2) is 0 Å². The quantitative estimate of drug-likeness (QED) is 0.746. The fourth-order valence-electron chi connectivity index (χ4n) is 3.56. The molecule has 0 radical (unpaired) electrons. The Morgan fingerprint density at radius 3 is 2.52 bits per heavy atom. The van der Waals surface area contributed by atoms with Crippen molar-refractivity contribution in [2.24, 2.45) is 17.1 Å². The van der Waals surface area contributed by atoms with Gasteiger partial charge in [0, 0.05) is 24.0 Å². The molecule has 2 aliphatic rings. The first-order chi connectivity index (χ1) is 11.7. The molecule has 0 aromatic rings. The molecule has 2 unspecified atom stereocenters. The Labute approximate surface area is 151 Å². The maximum Gasteiger partial charge on any atom is 0.223 e. The van der Waals surface area contributed by atoms with Crippen molar-refractivity contribution in [3.8, 4) is 0 Å². The summed E-state index contributed by atoms with van der Waals surface area (Å²) in [5.74, 6) is 0.279. The summed E-state index contributed by atoms with van der Waals surface area (Å²) < 4.78 is 0. The van der Waals surface area contributed by atoms with Gasteiger partial charge in [0.2, 0.25) is 5.91 Å². The van der Waals surface area contributed by atoms with E-state index in [1.165, 1.54) is 0 Å². The average molecular weight is 348 g/mol. The van der Waals surface area contributed by atoms with Crippen molar-refractivity contribution in [3.63, 3.8) is 0 Å². The molecule has 0 aromatic carbocycles. The van der Waals surface area contributed by atoms with Gasteiger partial charge in [0.25, 0.3) is 0 Å². The van der Waals surface area contributed by atoms with Crippen LogP contribution in [0.25, 0.3) is 0 Å². The highest BCUT2D eigenvalue weighted by Crippen LogP contribution is 2.31. The Hall–Kier alpha value is -1.46. The van der Waals surface area contributed by atoms with E-state index in [9.17, 15) is 9.59 Å². The van der Waals surface area contributed by atoms with Gasteiger partial charge in [-0.15, -0.1) is 0 Å². The van der Waals surface area contributed by atoms with Crippen LogP contribution >= 0.6 is 0 Å². The molecule has 1 fully saturated rings. The summed E-state index contributed by atoms with van der Waals surface area (Å²) in [4.78, 5) is 26.1. The first-order valence-electron chi connectivity index (χ1n) is 9.35. The van der Waals surface area contributed by atoms with Crippen molar-refractivity contribution in [2.75, 3.05) is 19.6 Å². The second kappa shape index (κ2) is 7.83. The Kier molecular flexibility index (Phi) is 6.22. The highest BCUT2D eigenvalue weighted by Gasteiger charge is 2.34. The number of carbonyl (C=O) groups excluding carboxylic acids is 2. The van der Waals surface area contributed by atoms with Crippen LogP contribution in [0.4, 0.5) is 0 Å². The summed E-state index contributed by atoms with van der Waals surface area (Å²) in [7, 11) is 0. The summed E-state index contributed by atoms with van der Waals surface area (Å²) in [6.07, 6.45) is 9.49. The van der Waals surface area contributed by atoms with Crippen LogP contribution in [0.15, 0.2) is 23.8 Å². The Morgan fingerprint density at radius 2 is 2.04 bits per heavy atom. The highest BCUT2D eigenvalue weighted by molar-refractivity contribution is 5.79. The highest BCUT2D eigenvalue weighted by atomic mass is 16.2. The molecule has 1 amide bonds. The van der Waals surface area contributed by atoms with Gasteiger partial charge in [-0.05, 0) is 58.7 Å². The summed E-state index contributed by atoms with van der Waals surface area (Å²) in [5.41, 5.74) is 6.66. The summed E-state index contributed by atoms with van der Waals surface area (Å²) in [6.45, 7) is 10.7. The first-order valence-corrected chi connectivity index (χ1v) is 9.35. The van der Waals surface area contributed by atoms with Crippen LogP contribution < -0.4 is 11.1 Å². The van der Waals surface area contributed by atoms with E-state index in [0.717, 1.165) is 44.3 Å². The molecule has 0 saturated carbocycles. The molecular formula is C20H33N3O2. The molecule has 0 bridgehead atoms. The van der Waals surface area contributed by atoms with Gasteiger partial charge in [-0.2, -0.15) is 0 Å². The van der Waals surface area contributed by atoms with Gasteiger partial charge in [-0.1, -0.05) is 25.2 Å². The number of nitrogens with one attached hydrogen (secondary N) is 1.